The van der Waals surface area contributed by atoms with Gasteiger partial charge in [-0.15, -0.1) is 0 Å². The third-order valence-corrected chi connectivity index (χ3v) is 2.61. The van der Waals surface area contributed by atoms with Crippen LogP contribution < -0.4 is 10.5 Å². The average Bonchev–Trinajstić information content (AvgIpc) is 2.49. The van der Waals surface area contributed by atoms with Crippen LogP contribution in [0.5, 0.6) is 11.5 Å². The molecule has 0 saturated heterocycles. The van der Waals surface area contributed by atoms with E-state index in [1.165, 1.54) is 30.3 Å². The molecule has 2 rings (SSSR count). The van der Waals surface area contributed by atoms with Gasteiger partial charge in [0.1, 0.15) is 5.75 Å². The Hall–Kier alpha value is -3.16. The molecule has 7 nitrogen and oxygen atoms in total. The lowest BCUT2D eigenvalue weighted by atomic mass is 10.2. The lowest BCUT2D eigenvalue weighted by molar-refractivity contribution is -0.385. The van der Waals surface area contributed by atoms with Crippen LogP contribution in [-0.2, 0) is 0 Å². The molecule has 0 bridgehead atoms. The summed E-state index contributed by atoms with van der Waals surface area (Å²) in [6.07, 6.45) is 0. The second-order valence-electron chi connectivity index (χ2n) is 3.98. The molecule has 21 heavy (non-hydrogen) atoms. The van der Waals surface area contributed by atoms with E-state index in [0.29, 0.717) is 11.3 Å². The number of oxime groups is 1. The molecular weight excluding hydrogens is 281 g/mol. The van der Waals surface area contributed by atoms with Crippen LogP contribution in [0.1, 0.15) is 5.56 Å². The Balaban J connectivity index is 2.20. The molecule has 2 aromatic rings. The number of nitrogens with zero attached hydrogens (tertiary/aromatic N) is 2. The Morgan fingerprint density at radius 3 is 2.48 bits per heavy atom. The first-order valence-electron chi connectivity index (χ1n) is 5.71. The standard InChI is InChI=1S/C13H10FN3O4/c14-11-7-9(17(19)20)3-6-12(11)21-10-4-1-8(2-5-10)13(15)16-18/h1-7,18H,(H2,15,16). The number of hydrogen-bond acceptors (Lipinski definition) is 5. The van der Waals surface area contributed by atoms with Crippen molar-refractivity contribution in [3.8, 4) is 11.5 Å². The summed E-state index contributed by atoms with van der Waals surface area (Å²) >= 11 is 0. The van der Waals surface area contributed by atoms with Crippen LogP contribution in [0.25, 0.3) is 0 Å². The number of rotatable bonds is 4. The number of ether oxygens (including phenoxy) is 1. The van der Waals surface area contributed by atoms with Gasteiger partial charge in [0.15, 0.2) is 17.4 Å². The van der Waals surface area contributed by atoms with Gasteiger partial charge in [0.2, 0.25) is 0 Å². The first kappa shape index (κ1) is 14.3. The Morgan fingerprint density at radius 1 is 1.29 bits per heavy atom. The third-order valence-electron chi connectivity index (χ3n) is 2.61. The van der Waals surface area contributed by atoms with Crippen LogP contribution in [0.3, 0.4) is 0 Å². The fourth-order valence-electron chi connectivity index (χ4n) is 1.56. The molecule has 108 valence electrons. The molecule has 0 aliphatic carbocycles. The quantitative estimate of drug-likeness (QED) is 0.296. The minimum atomic E-state index is -0.843. The maximum absolute atomic E-state index is 13.7. The molecule has 0 atom stereocenters. The van der Waals surface area contributed by atoms with Gasteiger partial charge in [-0.2, -0.15) is 0 Å². The first-order chi connectivity index (χ1) is 10.0. The first-order valence-corrected chi connectivity index (χ1v) is 5.71. The number of non-ortho nitro benzene ring substituents is 1. The van der Waals surface area contributed by atoms with E-state index in [0.717, 1.165) is 12.1 Å². The van der Waals surface area contributed by atoms with Crippen molar-refractivity contribution in [1.29, 1.82) is 0 Å². The Kier molecular flexibility index (Phi) is 3.98. The molecule has 0 heterocycles. The number of halogens is 1. The minimum Gasteiger partial charge on any atom is -0.454 e. The van der Waals surface area contributed by atoms with Crippen LogP contribution in [-0.4, -0.2) is 16.0 Å². The molecule has 0 aliphatic rings. The van der Waals surface area contributed by atoms with Crippen molar-refractivity contribution in [2.75, 3.05) is 0 Å². The van der Waals surface area contributed by atoms with Crippen molar-refractivity contribution in [2.45, 2.75) is 0 Å². The zero-order valence-electron chi connectivity index (χ0n) is 10.6. The van der Waals surface area contributed by atoms with Gasteiger partial charge in [-0.1, -0.05) is 5.16 Å². The molecule has 0 saturated carbocycles. The largest absolute Gasteiger partial charge is 0.454 e. The third kappa shape index (κ3) is 3.24. The van der Waals surface area contributed by atoms with E-state index in [4.69, 9.17) is 15.7 Å². The summed E-state index contributed by atoms with van der Waals surface area (Å²) in [6.45, 7) is 0. The van der Waals surface area contributed by atoms with E-state index in [-0.39, 0.29) is 17.3 Å². The number of amidine groups is 1. The van der Waals surface area contributed by atoms with Crippen molar-refractivity contribution in [1.82, 2.24) is 0 Å². The van der Waals surface area contributed by atoms with E-state index >= 15 is 0 Å². The van der Waals surface area contributed by atoms with Gasteiger partial charge in [-0.25, -0.2) is 4.39 Å². The van der Waals surface area contributed by atoms with E-state index in [2.05, 4.69) is 5.16 Å². The molecule has 8 heteroatoms. The van der Waals surface area contributed by atoms with Crippen LogP contribution in [0.2, 0.25) is 0 Å². The van der Waals surface area contributed by atoms with Crippen LogP contribution in [0.15, 0.2) is 47.6 Å². The topological polar surface area (TPSA) is 111 Å². The summed E-state index contributed by atoms with van der Waals surface area (Å²) in [7, 11) is 0. The van der Waals surface area contributed by atoms with Gasteiger partial charge in [-0.05, 0) is 30.3 Å². The van der Waals surface area contributed by atoms with E-state index in [9.17, 15) is 14.5 Å². The van der Waals surface area contributed by atoms with Crippen molar-refractivity contribution >= 4 is 11.5 Å². The molecule has 0 unspecified atom stereocenters. The average molecular weight is 291 g/mol. The normalized spacial score (nSPS) is 11.2. The summed E-state index contributed by atoms with van der Waals surface area (Å²) in [5, 5.41) is 21.9. The predicted molar refractivity (Wildman–Crippen MR) is 72.1 cm³/mol. The molecule has 2 aromatic carbocycles. The van der Waals surface area contributed by atoms with Gasteiger partial charge in [0, 0.05) is 11.6 Å². The lowest BCUT2D eigenvalue weighted by Gasteiger charge is -2.07. The fourth-order valence-corrected chi connectivity index (χ4v) is 1.56. The Labute approximate surface area is 118 Å². The molecule has 0 fully saturated rings. The monoisotopic (exact) mass is 291 g/mol. The molecular formula is C13H10FN3O4. The highest BCUT2D eigenvalue weighted by Gasteiger charge is 2.12. The molecule has 3 N–H and O–H groups in total. The minimum absolute atomic E-state index is 0.0666. The van der Waals surface area contributed by atoms with Gasteiger partial charge in [-0.3, -0.25) is 10.1 Å². The van der Waals surface area contributed by atoms with Crippen molar-refractivity contribution < 1.29 is 19.3 Å². The summed E-state index contributed by atoms with van der Waals surface area (Å²) < 4.78 is 18.9. The molecule has 0 radical (unpaired) electrons. The van der Waals surface area contributed by atoms with Gasteiger partial charge in [0.05, 0.1) is 11.0 Å². The number of nitrogens with two attached hydrogens (primary N) is 1. The SMILES string of the molecule is N/C(=N\O)c1ccc(Oc2ccc([N+](=O)[O-])cc2F)cc1. The molecule has 0 amide bonds. The lowest BCUT2D eigenvalue weighted by Crippen LogP contribution is -2.12. The van der Waals surface area contributed by atoms with Gasteiger partial charge in [0.25, 0.3) is 5.69 Å². The van der Waals surface area contributed by atoms with Crippen molar-refractivity contribution in [2.24, 2.45) is 10.9 Å². The highest BCUT2D eigenvalue weighted by molar-refractivity contribution is 5.97. The van der Waals surface area contributed by atoms with Crippen molar-refractivity contribution in [3.63, 3.8) is 0 Å². The second kappa shape index (κ2) is 5.87. The number of benzene rings is 2. The van der Waals surface area contributed by atoms with Crippen LogP contribution in [0.4, 0.5) is 10.1 Å². The molecule has 0 spiro atoms. The molecule has 0 aliphatic heterocycles. The number of nitro groups is 1. The summed E-state index contributed by atoms with van der Waals surface area (Å²) in [4.78, 5) is 9.81. The second-order valence-corrected chi connectivity index (χ2v) is 3.98. The zero-order chi connectivity index (χ0) is 15.4. The summed E-state index contributed by atoms with van der Waals surface area (Å²) in [5.74, 6) is -0.748. The van der Waals surface area contributed by atoms with Crippen molar-refractivity contribution in [3.05, 3.63) is 64.0 Å². The van der Waals surface area contributed by atoms with Gasteiger partial charge >= 0.3 is 0 Å². The number of hydrogen-bond donors (Lipinski definition) is 2. The fraction of sp³-hybridized carbons (Fsp3) is 0. The maximum atomic E-state index is 13.7. The Bertz CT molecular complexity index is 701. The van der Waals surface area contributed by atoms with Crippen LogP contribution in [0, 0.1) is 15.9 Å². The Morgan fingerprint density at radius 2 is 1.95 bits per heavy atom. The zero-order valence-corrected chi connectivity index (χ0v) is 10.6. The maximum Gasteiger partial charge on any atom is 0.272 e. The van der Waals surface area contributed by atoms with E-state index in [1.54, 1.807) is 0 Å². The predicted octanol–water partition coefficient (Wildman–Crippen LogP) is 2.62. The van der Waals surface area contributed by atoms with Crippen LogP contribution >= 0.6 is 0 Å². The smallest absolute Gasteiger partial charge is 0.272 e. The number of nitro benzene ring substituents is 1. The highest BCUT2D eigenvalue weighted by atomic mass is 19.1. The van der Waals surface area contributed by atoms with E-state index in [1.807, 2.05) is 0 Å². The van der Waals surface area contributed by atoms with E-state index < -0.39 is 10.7 Å². The summed E-state index contributed by atoms with van der Waals surface area (Å²) in [6, 6.07) is 9.12. The highest BCUT2D eigenvalue weighted by Crippen LogP contribution is 2.27. The van der Waals surface area contributed by atoms with Gasteiger partial charge < -0.3 is 15.7 Å². The summed E-state index contributed by atoms with van der Waals surface area (Å²) in [5.41, 5.74) is 5.51. The molecule has 0 aromatic heterocycles.